The molecule has 2 aromatic heterocycles. The van der Waals surface area contributed by atoms with Crippen molar-refractivity contribution >= 4 is 17.4 Å². The highest BCUT2D eigenvalue weighted by Crippen LogP contribution is 2.40. The van der Waals surface area contributed by atoms with E-state index in [4.69, 9.17) is 19.2 Å². The predicted molar refractivity (Wildman–Crippen MR) is 182 cm³/mol. The number of carbonyl (C=O) groups is 1. The number of rotatable bonds is 3. The fourth-order valence-corrected chi connectivity index (χ4v) is 6.77. The fourth-order valence-electron chi connectivity index (χ4n) is 6.77. The molecule has 0 radical (unpaired) electrons. The lowest BCUT2D eigenvalue weighted by Crippen LogP contribution is -2.45. The summed E-state index contributed by atoms with van der Waals surface area (Å²) in [5.74, 6) is -0.408. The van der Waals surface area contributed by atoms with Crippen molar-refractivity contribution in [3.63, 3.8) is 0 Å². The van der Waals surface area contributed by atoms with E-state index in [2.05, 4.69) is 11.8 Å². The number of aliphatic carboxylic acids is 1. The highest BCUT2D eigenvalue weighted by atomic mass is 19.1. The lowest BCUT2D eigenvalue weighted by Gasteiger charge is -2.41. The molecule has 8 nitrogen and oxygen atoms in total. The summed E-state index contributed by atoms with van der Waals surface area (Å²) in [6.07, 6.45) is 4.78. The minimum Gasteiger partial charge on any atom is -0.487 e. The summed E-state index contributed by atoms with van der Waals surface area (Å²) in [7, 11) is 0. The molecule has 4 aromatic rings. The third-order valence-corrected chi connectivity index (χ3v) is 9.26. The number of hydrogen-bond donors (Lipinski definition) is 1. The average molecular weight is 644 g/mol. The molecule has 0 unspecified atom stereocenters. The van der Waals surface area contributed by atoms with E-state index in [1.807, 2.05) is 81.6 Å². The number of halogens is 1. The molecule has 0 saturated carbocycles. The number of nitrogens with zero attached hydrogens (tertiary/aromatic N) is 3. The molecule has 9 heteroatoms. The zero-order valence-corrected chi connectivity index (χ0v) is 28.3. The second-order valence-corrected chi connectivity index (χ2v) is 14.3. The van der Waals surface area contributed by atoms with E-state index in [0.717, 1.165) is 60.3 Å². The Bertz CT molecular complexity index is 1770. The molecule has 3 aliphatic rings. The molecule has 47 heavy (non-hydrogen) atoms. The molecule has 5 heterocycles. The molecule has 0 spiro atoms. The summed E-state index contributed by atoms with van der Waals surface area (Å²) in [4.78, 5) is 20.1. The summed E-state index contributed by atoms with van der Waals surface area (Å²) in [5, 5.41) is 10.5. The van der Waals surface area contributed by atoms with Crippen LogP contribution in [0.3, 0.4) is 0 Å². The van der Waals surface area contributed by atoms with Gasteiger partial charge in [0.05, 0.1) is 23.0 Å². The first-order valence-corrected chi connectivity index (χ1v) is 16.7. The standard InChI is InChI=1S/C38H46FN3O5/c1-24-21-31-40-30-23-42(31)35(32(24)34(36(43)44)47-37(3,4)5)41-18-16-38(6,17-19-41)45-20-8-7-11-25(2)46-33-28(14-10-15-29(33)39)26-12-9-13-27(30)22-26/h9-10,12-15,21-23,25,34H,7-8,11,16-20H2,1-6H3,(H,43,44)/t25-,34+/m1/s1. The van der Waals surface area contributed by atoms with Crippen LogP contribution in [-0.2, 0) is 14.3 Å². The summed E-state index contributed by atoms with van der Waals surface area (Å²) in [6.45, 7) is 13.7. The zero-order valence-electron chi connectivity index (χ0n) is 28.3. The Labute approximate surface area is 276 Å². The van der Waals surface area contributed by atoms with Gasteiger partial charge in [-0.15, -0.1) is 0 Å². The van der Waals surface area contributed by atoms with Gasteiger partial charge < -0.3 is 24.2 Å². The largest absolute Gasteiger partial charge is 0.487 e. The number of ether oxygens (including phenoxy) is 3. The van der Waals surface area contributed by atoms with Crippen LogP contribution in [0, 0.1) is 12.7 Å². The Morgan fingerprint density at radius 1 is 1.11 bits per heavy atom. The van der Waals surface area contributed by atoms with Crippen molar-refractivity contribution in [1.82, 2.24) is 9.38 Å². The van der Waals surface area contributed by atoms with Crippen LogP contribution >= 0.6 is 0 Å². The molecule has 250 valence electrons. The first kappa shape index (κ1) is 33.0. The molecular formula is C38H46FN3O5. The van der Waals surface area contributed by atoms with Crippen LogP contribution in [0.15, 0.2) is 54.7 Å². The van der Waals surface area contributed by atoms with Crippen molar-refractivity contribution in [2.24, 2.45) is 0 Å². The van der Waals surface area contributed by atoms with Gasteiger partial charge in [0, 0.05) is 42.6 Å². The highest BCUT2D eigenvalue weighted by molar-refractivity contribution is 5.80. The minimum absolute atomic E-state index is 0.163. The lowest BCUT2D eigenvalue weighted by atomic mass is 9.92. The van der Waals surface area contributed by atoms with Gasteiger partial charge in [0.25, 0.3) is 0 Å². The van der Waals surface area contributed by atoms with Gasteiger partial charge in [-0.05, 0) is 103 Å². The number of imidazole rings is 1. The van der Waals surface area contributed by atoms with Gasteiger partial charge in [-0.25, -0.2) is 14.2 Å². The number of benzene rings is 2. The van der Waals surface area contributed by atoms with Crippen molar-refractivity contribution in [1.29, 1.82) is 0 Å². The van der Waals surface area contributed by atoms with Gasteiger partial charge in [0.1, 0.15) is 11.5 Å². The van der Waals surface area contributed by atoms with Crippen molar-refractivity contribution in [2.45, 2.75) is 97.1 Å². The van der Waals surface area contributed by atoms with E-state index in [9.17, 15) is 9.90 Å². The van der Waals surface area contributed by atoms with Crippen LogP contribution in [0.25, 0.3) is 28.0 Å². The summed E-state index contributed by atoms with van der Waals surface area (Å²) >= 11 is 0. The molecular weight excluding hydrogens is 597 g/mol. The summed E-state index contributed by atoms with van der Waals surface area (Å²) < 4.78 is 36.2. The number of carboxylic acid groups (broad SMARTS) is 1. The number of hydrogen-bond acceptors (Lipinski definition) is 6. The first-order chi connectivity index (χ1) is 22.3. The SMILES string of the molecule is Cc1cc2nc3cn2c(c1[C@H](OC(C)(C)C)C(=O)O)N1CCC(C)(CC1)OCCCC[C@@H](C)Oc1c(F)cccc1-c1cccc-3c1. The number of para-hydroxylation sites is 1. The summed E-state index contributed by atoms with van der Waals surface area (Å²) in [5.41, 5.74) is 4.24. The number of fused-ring (bicyclic) bond motifs is 8. The Kier molecular flexibility index (Phi) is 9.06. The smallest absolute Gasteiger partial charge is 0.337 e. The maximum atomic E-state index is 15.2. The van der Waals surface area contributed by atoms with Crippen LogP contribution in [0.4, 0.5) is 10.2 Å². The number of aryl methyl sites for hydroxylation is 1. The number of carboxylic acids is 1. The number of anilines is 1. The Hall–Kier alpha value is -3.95. The van der Waals surface area contributed by atoms with E-state index >= 15 is 4.39 Å². The maximum Gasteiger partial charge on any atom is 0.337 e. The molecule has 1 N–H and O–H groups in total. The zero-order chi connectivity index (χ0) is 33.5. The molecule has 1 saturated heterocycles. The molecule has 3 aliphatic heterocycles. The second-order valence-electron chi connectivity index (χ2n) is 14.3. The van der Waals surface area contributed by atoms with Crippen molar-refractivity contribution in [2.75, 3.05) is 24.6 Å². The van der Waals surface area contributed by atoms with Crippen molar-refractivity contribution in [3.05, 3.63) is 71.7 Å². The molecule has 2 aromatic carbocycles. The quantitative estimate of drug-likeness (QED) is 0.240. The average Bonchev–Trinajstić information content (AvgIpc) is 3.43. The van der Waals surface area contributed by atoms with Crippen LogP contribution < -0.4 is 9.64 Å². The van der Waals surface area contributed by atoms with Gasteiger partial charge in [0.2, 0.25) is 0 Å². The van der Waals surface area contributed by atoms with Gasteiger partial charge >= 0.3 is 5.97 Å². The molecule has 1 fully saturated rings. The third-order valence-electron chi connectivity index (χ3n) is 9.26. The van der Waals surface area contributed by atoms with Crippen LogP contribution in [-0.4, -0.2) is 57.5 Å². The molecule has 6 bridgehead atoms. The number of pyridine rings is 1. The van der Waals surface area contributed by atoms with Gasteiger partial charge in [-0.1, -0.05) is 30.3 Å². The minimum atomic E-state index is -1.17. The molecule has 2 atom stereocenters. The summed E-state index contributed by atoms with van der Waals surface area (Å²) in [6, 6.07) is 14.8. The lowest BCUT2D eigenvalue weighted by molar-refractivity contribution is -0.160. The molecule has 0 amide bonds. The van der Waals surface area contributed by atoms with Gasteiger partial charge in [0.15, 0.2) is 17.7 Å². The Morgan fingerprint density at radius 2 is 1.83 bits per heavy atom. The molecule has 7 rings (SSSR count). The Balaban J connectivity index is 1.54. The van der Waals surface area contributed by atoms with E-state index < -0.39 is 23.5 Å². The second kappa shape index (κ2) is 12.9. The van der Waals surface area contributed by atoms with Crippen LogP contribution in [0.1, 0.15) is 84.0 Å². The predicted octanol–water partition coefficient (Wildman–Crippen LogP) is 8.38. The number of aromatic nitrogens is 2. The van der Waals surface area contributed by atoms with Crippen LogP contribution in [0.2, 0.25) is 0 Å². The fraction of sp³-hybridized carbons (Fsp3) is 0.474. The van der Waals surface area contributed by atoms with E-state index in [0.29, 0.717) is 36.5 Å². The molecule has 0 aliphatic carbocycles. The van der Waals surface area contributed by atoms with E-state index in [1.165, 1.54) is 6.07 Å². The highest BCUT2D eigenvalue weighted by Gasteiger charge is 2.37. The van der Waals surface area contributed by atoms with Gasteiger partial charge in [-0.3, -0.25) is 4.40 Å². The Morgan fingerprint density at radius 3 is 2.55 bits per heavy atom. The number of piperidine rings is 1. The van der Waals surface area contributed by atoms with E-state index in [1.54, 1.807) is 6.07 Å². The maximum absolute atomic E-state index is 15.2. The van der Waals surface area contributed by atoms with Crippen LogP contribution in [0.5, 0.6) is 5.75 Å². The van der Waals surface area contributed by atoms with E-state index in [-0.39, 0.29) is 17.5 Å². The normalized spacial score (nSPS) is 21.3. The van der Waals surface area contributed by atoms with Gasteiger partial charge in [-0.2, -0.15) is 0 Å². The topological polar surface area (TPSA) is 85.5 Å². The van der Waals surface area contributed by atoms with Crippen molar-refractivity contribution in [3.8, 4) is 28.1 Å². The van der Waals surface area contributed by atoms with Crippen molar-refractivity contribution < 1.29 is 28.5 Å². The first-order valence-electron chi connectivity index (χ1n) is 16.7. The third kappa shape index (κ3) is 7.02. The monoisotopic (exact) mass is 643 g/mol.